The first-order chi connectivity index (χ1) is 22.1. The summed E-state index contributed by atoms with van der Waals surface area (Å²) in [4.78, 5) is 50.1. The van der Waals surface area contributed by atoms with Crippen molar-refractivity contribution in [2.45, 2.75) is 80.6 Å². The highest BCUT2D eigenvalue weighted by Crippen LogP contribution is 2.65. The summed E-state index contributed by atoms with van der Waals surface area (Å²) in [5.41, 5.74) is 0.210. The number of hydrogen-bond acceptors (Lipinski definition) is 10. The molecule has 4 aliphatic rings. The summed E-state index contributed by atoms with van der Waals surface area (Å²) in [7, 11) is 3.53. The molecular weight excluding hydrogens is 598 g/mol. The number of rotatable bonds is 16. The quantitative estimate of drug-likeness (QED) is 0.125. The van der Waals surface area contributed by atoms with E-state index in [1.807, 2.05) is 13.1 Å². The number of aromatic hydroxyl groups is 1. The van der Waals surface area contributed by atoms with Gasteiger partial charge in [0, 0.05) is 31.7 Å². The van der Waals surface area contributed by atoms with E-state index in [-0.39, 0.29) is 67.9 Å². The summed E-state index contributed by atoms with van der Waals surface area (Å²) in [6.07, 6.45) is 5.12. The van der Waals surface area contributed by atoms with Crippen LogP contribution in [0.15, 0.2) is 12.1 Å². The molecule has 2 aliphatic carbocycles. The first-order valence-electron chi connectivity index (χ1n) is 16.2. The fourth-order valence-electron chi connectivity index (χ4n) is 7.86. The van der Waals surface area contributed by atoms with Crippen molar-refractivity contribution in [2.24, 2.45) is 0 Å². The average Bonchev–Trinajstić information content (AvgIpc) is 3.39. The van der Waals surface area contributed by atoms with Crippen LogP contribution in [-0.4, -0.2) is 123 Å². The van der Waals surface area contributed by atoms with Crippen molar-refractivity contribution in [3.8, 4) is 11.5 Å². The third kappa shape index (κ3) is 6.66. The van der Waals surface area contributed by atoms with Crippen molar-refractivity contribution >= 4 is 23.6 Å². The van der Waals surface area contributed by atoms with E-state index >= 15 is 0 Å². The molecule has 5 atom stereocenters. The number of ether oxygens (including phenoxy) is 3. The van der Waals surface area contributed by atoms with Crippen LogP contribution < -0.4 is 26.0 Å². The van der Waals surface area contributed by atoms with E-state index < -0.39 is 17.1 Å². The number of aliphatic hydroxyl groups is 1. The maximum atomic E-state index is 12.9. The van der Waals surface area contributed by atoms with Gasteiger partial charge < -0.3 is 50.6 Å². The first kappa shape index (κ1) is 33.9. The number of carbonyl (C=O) groups is 4. The van der Waals surface area contributed by atoms with Crippen LogP contribution >= 0.6 is 0 Å². The van der Waals surface area contributed by atoms with E-state index in [9.17, 15) is 29.4 Å². The van der Waals surface area contributed by atoms with E-state index in [4.69, 9.17) is 14.2 Å². The zero-order valence-electron chi connectivity index (χ0n) is 26.7. The molecule has 0 aromatic heterocycles. The minimum absolute atomic E-state index is 0.0490. The normalized spacial score (nSPS) is 27.2. The first-order valence-corrected chi connectivity index (χ1v) is 16.2. The molecule has 6 N–H and O–H groups in total. The van der Waals surface area contributed by atoms with Gasteiger partial charge in [-0.15, -0.1) is 0 Å². The Morgan fingerprint density at radius 3 is 2.22 bits per heavy atom. The topological polar surface area (TPSA) is 188 Å². The Hall–Kier alpha value is -3.46. The van der Waals surface area contributed by atoms with Gasteiger partial charge in [0.1, 0.15) is 32.5 Å². The van der Waals surface area contributed by atoms with Gasteiger partial charge >= 0.3 is 0 Å². The minimum Gasteiger partial charge on any atom is -0.504 e. The standard InChI is InChI=1S/C32H47N5O9/c1-33-24(39)16-44-17-25(40)34-12-5-3-4-6-13-35-26(41)18-45-19-27(42)36-21-9-10-32(43)23-15-20-7-8-22(38)29-28(20)31(32,30(21)46-29)11-14-37(23)2/h7-8,21,23,30,38,43H,3-6,9-19H2,1-2H3,(H,33,39)(H,34,40)(H,35,41)(H,36,42)/t21?,23-,30?,31+,32-/m1/s1. The lowest BCUT2D eigenvalue weighted by Crippen LogP contribution is -2.77. The largest absolute Gasteiger partial charge is 0.504 e. The molecule has 1 aromatic carbocycles. The van der Waals surface area contributed by atoms with Gasteiger partial charge in [-0.1, -0.05) is 18.9 Å². The number of benzene rings is 1. The molecule has 2 unspecified atom stereocenters. The number of nitrogens with one attached hydrogen (secondary N) is 4. The molecule has 46 heavy (non-hydrogen) atoms. The zero-order chi connectivity index (χ0) is 32.9. The monoisotopic (exact) mass is 645 g/mol. The van der Waals surface area contributed by atoms with Gasteiger partial charge in [0.2, 0.25) is 23.6 Å². The molecule has 2 heterocycles. The predicted molar refractivity (Wildman–Crippen MR) is 165 cm³/mol. The van der Waals surface area contributed by atoms with E-state index in [2.05, 4.69) is 26.2 Å². The van der Waals surface area contributed by atoms with Crippen LogP contribution in [0.4, 0.5) is 0 Å². The van der Waals surface area contributed by atoms with E-state index in [1.165, 1.54) is 7.05 Å². The summed E-state index contributed by atoms with van der Waals surface area (Å²) in [5, 5.41) is 33.9. The van der Waals surface area contributed by atoms with Gasteiger partial charge in [-0.25, -0.2) is 0 Å². The van der Waals surface area contributed by atoms with Crippen molar-refractivity contribution in [1.29, 1.82) is 0 Å². The van der Waals surface area contributed by atoms with Crippen molar-refractivity contribution in [3.63, 3.8) is 0 Å². The number of phenolic OH excluding ortho intramolecular Hbond substituents is 1. The number of carbonyl (C=O) groups excluding carboxylic acids is 4. The zero-order valence-corrected chi connectivity index (χ0v) is 26.7. The van der Waals surface area contributed by atoms with Crippen LogP contribution in [0.2, 0.25) is 0 Å². The maximum Gasteiger partial charge on any atom is 0.246 e. The van der Waals surface area contributed by atoms with E-state index in [0.29, 0.717) is 44.5 Å². The summed E-state index contributed by atoms with van der Waals surface area (Å²) in [5.74, 6) is -0.766. The highest BCUT2D eigenvalue weighted by atomic mass is 16.5. The molecule has 0 radical (unpaired) electrons. The third-order valence-corrected chi connectivity index (χ3v) is 10.0. The molecule has 1 saturated carbocycles. The molecule has 5 rings (SSSR count). The Balaban J connectivity index is 0.985. The molecule has 254 valence electrons. The second kappa shape index (κ2) is 14.5. The van der Waals surface area contributed by atoms with Crippen LogP contribution in [0.5, 0.6) is 11.5 Å². The van der Waals surface area contributed by atoms with Crippen LogP contribution in [0, 0.1) is 0 Å². The fraction of sp³-hybridized carbons (Fsp3) is 0.688. The lowest BCUT2D eigenvalue weighted by atomic mass is 9.48. The van der Waals surface area contributed by atoms with Crippen LogP contribution in [0.1, 0.15) is 56.1 Å². The molecule has 2 aliphatic heterocycles. The van der Waals surface area contributed by atoms with Crippen molar-refractivity contribution in [2.75, 3.05) is 60.2 Å². The highest BCUT2D eigenvalue weighted by Gasteiger charge is 2.72. The van der Waals surface area contributed by atoms with Gasteiger partial charge in [-0.05, 0) is 63.7 Å². The molecule has 1 spiro atoms. The molecular formula is C32H47N5O9. The number of amides is 4. The maximum absolute atomic E-state index is 12.9. The Bertz CT molecular complexity index is 1310. The smallest absolute Gasteiger partial charge is 0.246 e. The van der Waals surface area contributed by atoms with E-state index in [1.54, 1.807) is 6.07 Å². The Morgan fingerprint density at radius 2 is 1.57 bits per heavy atom. The average molecular weight is 646 g/mol. The second-order valence-electron chi connectivity index (χ2n) is 12.8. The van der Waals surface area contributed by atoms with Gasteiger partial charge in [-0.3, -0.25) is 19.2 Å². The molecule has 2 fully saturated rings. The molecule has 1 saturated heterocycles. The number of piperidine rings is 1. The Morgan fingerprint density at radius 1 is 0.935 bits per heavy atom. The molecule has 4 amide bonds. The number of likely N-dealkylation sites (tertiary alicyclic amines) is 1. The van der Waals surface area contributed by atoms with Crippen molar-refractivity contribution < 1.29 is 43.6 Å². The fourth-order valence-corrected chi connectivity index (χ4v) is 7.86. The van der Waals surface area contributed by atoms with Crippen LogP contribution in [-0.2, 0) is 40.5 Å². The second-order valence-corrected chi connectivity index (χ2v) is 12.8. The van der Waals surface area contributed by atoms with Gasteiger partial charge in [-0.2, -0.15) is 0 Å². The Labute approximate surface area is 268 Å². The van der Waals surface area contributed by atoms with Gasteiger partial charge in [0.25, 0.3) is 0 Å². The predicted octanol–water partition coefficient (Wildman–Crippen LogP) is -0.767. The number of phenols is 1. The van der Waals surface area contributed by atoms with Gasteiger partial charge in [0.15, 0.2) is 11.5 Å². The summed E-state index contributed by atoms with van der Waals surface area (Å²) >= 11 is 0. The molecule has 14 heteroatoms. The molecule has 1 aromatic rings. The number of nitrogens with zero attached hydrogens (tertiary/aromatic N) is 1. The SMILES string of the molecule is CNC(=O)COCC(=O)NCCCCCCNC(=O)COCC(=O)NC1CC[C@@]2(O)[C@H]3Cc4ccc(O)c5c4[C@@]2(CCN3C)C1O5. The van der Waals surface area contributed by atoms with Crippen molar-refractivity contribution in [1.82, 2.24) is 26.2 Å². The number of likely N-dealkylation sites (N-methyl/N-ethyl adjacent to an activating group) is 2. The lowest BCUT2D eigenvalue weighted by molar-refractivity contribution is -0.187. The van der Waals surface area contributed by atoms with Crippen LogP contribution in [0.3, 0.4) is 0 Å². The Kier molecular flexibility index (Phi) is 10.7. The lowest BCUT2D eigenvalue weighted by Gasteiger charge is -2.63. The van der Waals surface area contributed by atoms with Crippen molar-refractivity contribution in [3.05, 3.63) is 23.3 Å². The molecule has 2 bridgehead atoms. The minimum atomic E-state index is -1.03. The molecule has 14 nitrogen and oxygen atoms in total. The number of unbranched alkanes of at least 4 members (excludes halogenated alkanes) is 3. The summed E-state index contributed by atoms with van der Waals surface area (Å²) in [6, 6.07) is 3.11. The highest BCUT2D eigenvalue weighted by molar-refractivity contribution is 5.80. The summed E-state index contributed by atoms with van der Waals surface area (Å²) in [6.45, 7) is 0.913. The third-order valence-electron chi connectivity index (χ3n) is 10.0. The van der Waals surface area contributed by atoms with E-state index in [0.717, 1.165) is 43.4 Å². The number of hydrogen-bond donors (Lipinski definition) is 6. The van der Waals surface area contributed by atoms with Crippen LogP contribution in [0.25, 0.3) is 0 Å². The summed E-state index contributed by atoms with van der Waals surface area (Å²) < 4.78 is 16.8. The van der Waals surface area contributed by atoms with Gasteiger partial charge in [0.05, 0.1) is 17.1 Å².